The number of hydrogen-bond acceptors (Lipinski definition) is 7. The fourth-order valence-corrected chi connectivity index (χ4v) is 6.26. The lowest BCUT2D eigenvalue weighted by Crippen LogP contribution is -2.38. The van der Waals surface area contributed by atoms with E-state index in [1.165, 1.54) is 30.6 Å². The first kappa shape index (κ1) is 26.1. The summed E-state index contributed by atoms with van der Waals surface area (Å²) in [6, 6.07) is 18.4. The summed E-state index contributed by atoms with van der Waals surface area (Å²) in [4.78, 5) is 13.0. The molecule has 1 aromatic heterocycles. The first-order valence-electron chi connectivity index (χ1n) is 10.5. The van der Waals surface area contributed by atoms with Gasteiger partial charge in [-0.15, -0.1) is 10.2 Å². The molecule has 0 fully saturated rings. The van der Waals surface area contributed by atoms with Crippen LogP contribution in [0.5, 0.6) is 5.75 Å². The van der Waals surface area contributed by atoms with Crippen molar-refractivity contribution in [2.75, 3.05) is 23.3 Å². The van der Waals surface area contributed by atoms with Gasteiger partial charge in [0.15, 0.2) is 0 Å². The third-order valence-corrected chi connectivity index (χ3v) is 8.61. The van der Waals surface area contributed by atoms with Crippen LogP contribution in [0.15, 0.2) is 76.1 Å². The number of sulfonamides is 1. The van der Waals surface area contributed by atoms with Crippen molar-refractivity contribution in [2.45, 2.75) is 11.8 Å². The molecule has 0 unspecified atom stereocenters. The van der Waals surface area contributed by atoms with E-state index < -0.39 is 22.5 Å². The van der Waals surface area contributed by atoms with Gasteiger partial charge in [0.25, 0.3) is 10.0 Å². The van der Waals surface area contributed by atoms with Crippen molar-refractivity contribution in [1.29, 1.82) is 0 Å². The number of ether oxygens (including phenoxy) is 1. The maximum Gasteiger partial charge on any atom is 0.264 e. The average Bonchev–Trinajstić information content (AvgIpc) is 3.31. The number of anilines is 2. The van der Waals surface area contributed by atoms with Crippen LogP contribution in [-0.2, 0) is 14.8 Å². The fourth-order valence-electron chi connectivity index (χ4n) is 3.23. The van der Waals surface area contributed by atoms with Crippen molar-refractivity contribution in [1.82, 2.24) is 10.2 Å². The Morgan fingerprint density at radius 3 is 2.42 bits per heavy atom. The van der Waals surface area contributed by atoms with Gasteiger partial charge in [0.2, 0.25) is 11.0 Å². The van der Waals surface area contributed by atoms with Gasteiger partial charge in [-0.1, -0.05) is 52.8 Å². The van der Waals surface area contributed by atoms with Crippen molar-refractivity contribution in [3.8, 4) is 16.3 Å². The van der Waals surface area contributed by atoms with Crippen LogP contribution in [-0.4, -0.2) is 38.2 Å². The molecule has 0 bridgehead atoms. The molecule has 4 aromatic rings. The number of carbonyl (C=O) groups is 1. The Balaban J connectivity index is 1.60. The second-order valence-corrected chi connectivity index (χ2v) is 11.7. The Kier molecular flexibility index (Phi) is 7.94. The zero-order valence-corrected chi connectivity index (χ0v) is 23.1. The fraction of sp³-hybridized carbons (Fsp3) is 0.125. The molecule has 4 rings (SSSR count). The Bertz CT molecular complexity index is 1490. The summed E-state index contributed by atoms with van der Waals surface area (Å²) >= 11 is 10.4. The quantitative estimate of drug-likeness (QED) is 0.273. The van der Waals surface area contributed by atoms with E-state index in [2.05, 4.69) is 31.4 Å². The number of rotatable bonds is 8. The Labute approximate surface area is 226 Å². The summed E-state index contributed by atoms with van der Waals surface area (Å²) in [5, 5.41) is 12.2. The Morgan fingerprint density at radius 1 is 1.08 bits per heavy atom. The van der Waals surface area contributed by atoms with Gasteiger partial charge in [-0.2, -0.15) is 0 Å². The predicted octanol–water partition coefficient (Wildman–Crippen LogP) is 5.77. The van der Waals surface area contributed by atoms with Crippen LogP contribution in [0.1, 0.15) is 5.56 Å². The number of methoxy groups -OCH3 is 1. The van der Waals surface area contributed by atoms with Crippen LogP contribution >= 0.6 is 38.9 Å². The molecule has 0 saturated carbocycles. The van der Waals surface area contributed by atoms with E-state index in [0.29, 0.717) is 25.9 Å². The topological polar surface area (TPSA) is 101 Å². The van der Waals surface area contributed by atoms with E-state index in [1.54, 1.807) is 54.6 Å². The molecule has 0 aliphatic heterocycles. The molecule has 0 aliphatic rings. The van der Waals surface area contributed by atoms with Crippen molar-refractivity contribution in [2.24, 2.45) is 0 Å². The highest BCUT2D eigenvalue weighted by atomic mass is 79.9. The number of amides is 1. The molecule has 1 N–H and O–H groups in total. The van der Waals surface area contributed by atoms with Gasteiger partial charge in [-0.3, -0.25) is 14.4 Å². The maximum absolute atomic E-state index is 13.6. The number of benzene rings is 3. The number of aromatic nitrogens is 2. The van der Waals surface area contributed by atoms with Crippen molar-refractivity contribution >= 4 is 65.6 Å². The minimum Gasteiger partial charge on any atom is -0.496 e. The number of nitrogens with zero attached hydrogens (tertiary/aromatic N) is 3. The van der Waals surface area contributed by atoms with E-state index in [-0.39, 0.29) is 10.0 Å². The molecule has 186 valence electrons. The molecule has 36 heavy (non-hydrogen) atoms. The summed E-state index contributed by atoms with van der Waals surface area (Å²) in [6.07, 6.45) is 0. The van der Waals surface area contributed by atoms with Gasteiger partial charge in [0, 0.05) is 10.6 Å². The van der Waals surface area contributed by atoms with Crippen molar-refractivity contribution in [3.05, 3.63) is 81.8 Å². The molecule has 8 nitrogen and oxygen atoms in total. The highest BCUT2D eigenvalue weighted by Crippen LogP contribution is 2.31. The SMILES string of the molecule is COc1ccc(S(=O)(=O)N(CC(=O)Nc2nnc(-c3ccc(Cl)cc3)s2)c2ccc(C)cc2)cc1Br. The zero-order chi connectivity index (χ0) is 25.9. The van der Waals surface area contributed by atoms with Gasteiger partial charge in [-0.05, 0) is 65.3 Å². The molecule has 0 saturated heterocycles. The van der Waals surface area contributed by atoms with Crippen LogP contribution in [0.2, 0.25) is 5.02 Å². The normalized spacial score (nSPS) is 11.2. The first-order valence-corrected chi connectivity index (χ1v) is 13.9. The molecule has 12 heteroatoms. The standard InChI is InChI=1S/C24H20BrClN4O4S2/c1-15-3-9-18(10-4-15)30(36(32,33)19-11-12-21(34-2)20(25)13-19)14-22(31)27-24-29-28-23(35-24)16-5-7-17(26)8-6-16/h3-13H,14H2,1-2H3,(H,27,29,31). The predicted molar refractivity (Wildman–Crippen MR) is 145 cm³/mol. The number of nitrogens with one attached hydrogen (secondary N) is 1. The first-order chi connectivity index (χ1) is 17.2. The minimum absolute atomic E-state index is 0.00416. The Morgan fingerprint density at radius 2 is 1.78 bits per heavy atom. The zero-order valence-electron chi connectivity index (χ0n) is 19.1. The van der Waals surface area contributed by atoms with E-state index >= 15 is 0 Å². The molecule has 3 aromatic carbocycles. The second-order valence-electron chi connectivity index (χ2n) is 7.61. The molecular formula is C24H20BrClN4O4S2. The highest BCUT2D eigenvalue weighted by Gasteiger charge is 2.28. The number of aryl methyl sites for hydroxylation is 1. The lowest BCUT2D eigenvalue weighted by molar-refractivity contribution is -0.114. The van der Waals surface area contributed by atoms with Gasteiger partial charge >= 0.3 is 0 Å². The van der Waals surface area contributed by atoms with Crippen LogP contribution in [0, 0.1) is 6.92 Å². The summed E-state index contributed by atoms with van der Waals surface area (Å²) in [7, 11) is -2.61. The third-order valence-electron chi connectivity index (χ3n) is 5.08. The number of halogens is 2. The van der Waals surface area contributed by atoms with Crippen LogP contribution in [0.3, 0.4) is 0 Å². The summed E-state index contributed by atoms with van der Waals surface area (Å²) in [5.74, 6) is -0.0770. The monoisotopic (exact) mass is 606 g/mol. The van der Waals surface area contributed by atoms with E-state index in [1.807, 2.05) is 6.92 Å². The number of carbonyl (C=O) groups excluding carboxylic acids is 1. The van der Waals surface area contributed by atoms with Gasteiger partial charge < -0.3 is 4.74 Å². The lowest BCUT2D eigenvalue weighted by Gasteiger charge is -2.24. The average molecular weight is 608 g/mol. The van der Waals surface area contributed by atoms with Crippen molar-refractivity contribution < 1.29 is 17.9 Å². The number of hydrogen-bond donors (Lipinski definition) is 1. The van der Waals surface area contributed by atoms with Gasteiger partial charge in [0.05, 0.1) is 22.2 Å². The van der Waals surface area contributed by atoms with E-state index in [9.17, 15) is 13.2 Å². The van der Waals surface area contributed by atoms with Gasteiger partial charge in [0.1, 0.15) is 17.3 Å². The summed E-state index contributed by atoms with van der Waals surface area (Å²) in [5.41, 5.74) is 2.10. The molecule has 0 radical (unpaired) electrons. The summed E-state index contributed by atoms with van der Waals surface area (Å²) < 4.78 is 34.0. The maximum atomic E-state index is 13.6. The smallest absolute Gasteiger partial charge is 0.264 e. The Hall–Kier alpha value is -2.99. The molecule has 1 amide bonds. The van der Waals surface area contributed by atoms with E-state index in [4.69, 9.17) is 16.3 Å². The highest BCUT2D eigenvalue weighted by molar-refractivity contribution is 9.10. The summed E-state index contributed by atoms with van der Waals surface area (Å²) in [6.45, 7) is 1.43. The largest absolute Gasteiger partial charge is 0.496 e. The van der Waals surface area contributed by atoms with Crippen LogP contribution in [0.4, 0.5) is 10.8 Å². The molecule has 0 aliphatic carbocycles. The van der Waals surface area contributed by atoms with Crippen molar-refractivity contribution in [3.63, 3.8) is 0 Å². The lowest BCUT2D eigenvalue weighted by atomic mass is 10.2. The minimum atomic E-state index is -4.10. The van der Waals surface area contributed by atoms with E-state index in [0.717, 1.165) is 15.4 Å². The molecule has 1 heterocycles. The molecule has 0 spiro atoms. The molecule has 0 atom stereocenters. The second kappa shape index (κ2) is 11.0. The van der Waals surface area contributed by atoms with Crippen LogP contribution < -0.4 is 14.4 Å². The third kappa shape index (κ3) is 5.86. The van der Waals surface area contributed by atoms with Crippen LogP contribution in [0.25, 0.3) is 10.6 Å². The van der Waals surface area contributed by atoms with Gasteiger partial charge in [-0.25, -0.2) is 8.42 Å². The molecular weight excluding hydrogens is 588 g/mol.